The molecule has 0 amide bonds. The second-order valence-corrected chi connectivity index (χ2v) is 11.9. The third-order valence-corrected chi connectivity index (χ3v) is 9.33. The van der Waals surface area contributed by atoms with Gasteiger partial charge in [-0.05, 0) is 78.9 Å². The van der Waals surface area contributed by atoms with Gasteiger partial charge < -0.3 is 25.9 Å². The van der Waals surface area contributed by atoms with Crippen LogP contribution in [0.1, 0.15) is 79.7 Å². The summed E-state index contributed by atoms with van der Waals surface area (Å²) in [5.74, 6) is 1.71. The van der Waals surface area contributed by atoms with E-state index in [2.05, 4.69) is 81.3 Å². The summed E-state index contributed by atoms with van der Waals surface area (Å²) in [6.45, 7) is 10.3. The number of aromatic amines is 1. The number of aromatic nitrogens is 2. The van der Waals surface area contributed by atoms with Gasteiger partial charge in [-0.15, -0.1) is 0 Å². The van der Waals surface area contributed by atoms with Crippen molar-refractivity contribution in [1.82, 2.24) is 36.4 Å². The molecule has 3 saturated heterocycles. The zero-order chi connectivity index (χ0) is 26.3. The number of H-pyrrole nitrogens is 1. The molecule has 7 heteroatoms. The van der Waals surface area contributed by atoms with E-state index >= 15 is 0 Å². The Balaban J connectivity index is 1.13. The standard InChI is InChI=1S/C32H41N7/c1-3-39(19-23-6-4-14-33-23)36-17-21-8-10-22(11-9-21)24-12-13-25(29-27-16-20(2)31(37-27)30(24)29)28-18-35-32(38-28)26-7-5-15-34-26/h3,8-13,18,20,23,26-27,31,33-34,36-37H,1,4-7,14-17,19H2,2H3,(H,35,38)/t20?,23-,26-,27?,31?/m0/s1. The molecule has 0 saturated carbocycles. The van der Waals surface area contributed by atoms with Crippen molar-refractivity contribution in [3.05, 3.63) is 77.9 Å². The van der Waals surface area contributed by atoms with Gasteiger partial charge in [-0.25, -0.2) is 10.4 Å². The third-order valence-electron chi connectivity index (χ3n) is 9.33. The lowest BCUT2D eigenvalue weighted by Crippen LogP contribution is -2.41. The van der Waals surface area contributed by atoms with Crippen LogP contribution in [-0.4, -0.2) is 40.7 Å². The highest BCUT2D eigenvalue weighted by Crippen LogP contribution is 2.54. The molecule has 0 radical (unpaired) electrons. The van der Waals surface area contributed by atoms with E-state index in [-0.39, 0.29) is 0 Å². The molecule has 4 aliphatic heterocycles. The highest BCUT2D eigenvalue weighted by molar-refractivity contribution is 5.79. The molecule has 3 fully saturated rings. The average Bonchev–Trinajstić information content (AvgIpc) is 3.79. The van der Waals surface area contributed by atoms with Crippen LogP contribution in [-0.2, 0) is 6.54 Å². The van der Waals surface area contributed by atoms with E-state index in [1.54, 1.807) is 0 Å². The molecule has 3 aromatic rings. The van der Waals surface area contributed by atoms with Crippen molar-refractivity contribution < 1.29 is 0 Å². The third kappa shape index (κ3) is 4.72. The van der Waals surface area contributed by atoms with E-state index in [0.29, 0.717) is 30.1 Å². The van der Waals surface area contributed by atoms with Gasteiger partial charge in [0.1, 0.15) is 5.82 Å². The molecule has 7 nitrogen and oxygen atoms in total. The summed E-state index contributed by atoms with van der Waals surface area (Å²) >= 11 is 0. The summed E-state index contributed by atoms with van der Waals surface area (Å²) < 4.78 is 0. The summed E-state index contributed by atoms with van der Waals surface area (Å²) in [6, 6.07) is 15.5. The van der Waals surface area contributed by atoms with Crippen molar-refractivity contribution in [3.8, 4) is 22.4 Å². The maximum absolute atomic E-state index is 4.77. The molecule has 1 aromatic heterocycles. The van der Waals surface area contributed by atoms with Crippen LogP contribution in [0.2, 0.25) is 0 Å². The van der Waals surface area contributed by atoms with Crippen molar-refractivity contribution in [2.24, 2.45) is 5.92 Å². The zero-order valence-corrected chi connectivity index (χ0v) is 23.0. The summed E-state index contributed by atoms with van der Waals surface area (Å²) in [7, 11) is 0. The number of hydrogen-bond acceptors (Lipinski definition) is 6. The van der Waals surface area contributed by atoms with E-state index in [0.717, 1.165) is 44.1 Å². The summed E-state index contributed by atoms with van der Waals surface area (Å²) in [6.07, 6.45) is 10.0. The van der Waals surface area contributed by atoms with Gasteiger partial charge in [-0.3, -0.25) is 0 Å². The smallest absolute Gasteiger partial charge is 0.123 e. The quantitative estimate of drug-likeness (QED) is 0.251. The number of imidazole rings is 1. The van der Waals surface area contributed by atoms with Crippen molar-refractivity contribution in [3.63, 3.8) is 0 Å². The van der Waals surface area contributed by atoms with Crippen molar-refractivity contribution in [2.75, 3.05) is 19.6 Å². The van der Waals surface area contributed by atoms with Crippen LogP contribution in [0.3, 0.4) is 0 Å². The Morgan fingerprint density at radius 1 is 1.00 bits per heavy atom. The first-order valence-electron chi connectivity index (χ1n) is 14.8. The number of hydrogen-bond donors (Lipinski definition) is 5. The molecule has 7 rings (SSSR count). The molecule has 204 valence electrons. The molecule has 3 unspecified atom stereocenters. The second-order valence-electron chi connectivity index (χ2n) is 11.9. The summed E-state index contributed by atoms with van der Waals surface area (Å²) in [5.41, 5.74) is 12.9. The van der Waals surface area contributed by atoms with Gasteiger partial charge in [0, 0.05) is 43.0 Å². The molecule has 39 heavy (non-hydrogen) atoms. The number of hydrazine groups is 1. The first-order chi connectivity index (χ1) is 19.2. The normalized spacial score (nSPS) is 27.3. The van der Waals surface area contributed by atoms with E-state index in [9.17, 15) is 0 Å². The molecule has 0 spiro atoms. The minimum atomic E-state index is 0.353. The molecule has 5 N–H and O–H groups in total. The van der Waals surface area contributed by atoms with Gasteiger partial charge in [0.25, 0.3) is 0 Å². The topological polar surface area (TPSA) is 80.0 Å². The van der Waals surface area contributed by atoms with Crippen LogP contribution in [0.15, 0.2) is 55.4 Å². The SMILES string of the molecule is C=CN(C[C@@H]1CCCN1)NCc1ccc(-c2ccc(-c3cnc([C@@H]4CCCN4)[nH]3)c3c2C2NC3CC2C)cc1. The Bertz CT molecular complexity index is 1320. The largest absolute Gasteiger partial charge is 0.341 e. The molecular weight excluding hydrogens is 482 g/mol. The van der Waals surface area contributed by atoms with Gasteiger partial charge in [-0.1, -0.05) is 49.9 Å². The number of nitrogens with one attached hydrogen (secondary N) is 5. The minimum absolute atomic E-state index is 0.353. The van der Waals surface area contributed by atoms with Gasteiger partial charge in [0.2, 0.25) is 0 Å². The highest BCUT2D eigenvalue weighted by atomic mass is 15.5. The van der Waals surface area contributed by atoms with Crippen LogP contribution in [0.5, 0.6) is 0 Å². The number of benzene rings is 2. The number of rotatable bonds is 9. The number of nitrogens with zero attached hydrogens (tertiary/aromatic N) is 2. The molecule has 0 aliphatic carbocycles. The average molecular weight is 524 g/mol. The van der Waals surface area contributed by atoms with Crippen LogP contribution >= 0.6 is 0 Å². The fourth-order valence-electron chi connectivity index (χ4n) is 7.28. The first kappa shape index (κ1) is 25.0. The van der Waals surface area contributed by atoms with E-state index in [4.69, 9.17) is 4.98 Å². The fraction of sp³-hybridized carbons (Fsp3) is 0.469. The molecular formula is C32H41N7. The predicted molar refractivity (Wildman–Crippen MR) is 157 cm³/mol. The predicted octanol–water partition coefficient (Wildman–Crippen LogP) is 5.10. The molecule has 5 atom stereocenters. The lowest BCUT2D eigenvalue weighted by Gasteiger charge is -2.25. The first-order valence-corrected chi connectivity index (χ1v) is 14.8. The number of fused-ring (bicyclic) bond motifs is 5. The van der Waals surface area contributed by atoms with Crippen LogP contribution in [0.4, 0.5) is 0 Å². The Kier molecular flexibility index (Phi) is 6.77. The zero-order valence-electron chi connectivity index (χ0n) is 23.0. The van der Waals surface area contributed by atoms with Crippen LogP contribution in [0.25, 0.3) is 22.4 Å². The molecule has 5 heterocycles. The molecule has 4 aliphatic rings. The van der Waals surface area contributed by atoms with Crippen molar-refractivity contribution in [2.45, 2.75) is 69.7 Å². The van der Waals surface area contributed by atoms with E-state index in [1.165, 1.54) is 59.1 Å². The van der Waals surface area contributed by atoms with E-state index < -0.39 is 0 Å². The molecule has 2 bridgehead atoms. The Morgan fingerprint density at radius 3 is 2.59 bits per heavy atom. The lowest BCUT2D eigenvalue weighted by atomic mass is 9.78. The van der Waals surface area contributed by atoms with Crippen molar-refractivity contribution in [1.29, 1.82) is 0 Å². The maximum Gasteiger partial charge on any atom is 0.123 e. The van der Waals surface area contributed by atoms with Gasteiger partial charge >= 0.3 is 0 Å². The summed E-state index contributed by atoms with van der Waals surface area (Å²) in [4.78, 5) is 8.44. The minimum Gasteiger partial charge on any atom is -0.341 e. The van der Waals surface area contributed by atoms with Crippen LogP contribution < -0.4 is 21.4 Å². The molecule has 2 aromatic carbocycles. The van der Waals surface area contributed by atoms with Crippen LogP contribution in [0, 0.1) is 5.92 Å². The Morgan fingerprint density at radius 2 is 1.82 bits per heavy atom. The Labute approximate surface area is 231 Å². The fourth-order valence-corrected chi connectivity index (χ4v) is 7.28. The second kappa shape index (κ2) is 10.5. The monoisotopic (exact) mass is 523 g/mol. The highest BCUT2D eigenvalue weighted by Gasteiger charge is 2.44. The van der Waals surface area contributed by atoms with Gasteiger partial charge in [-0.2, -0.15) is 0 Å². The van der Waals surface area contributed by atoms with Crippen molar-refractivity contribution >= 4 is 0 Å². The van der Waals surface area contributed by atoms with Gasteiger partial charge in [0.05, 0.1) is 17.9 Å². The maximum atomic E-state index is 4.77. The summed E-state index contributed by atoms with van der Waals surface area (Å²) in [5, 5.41) is 13.2. The lowest BCUT2D eigenvalue weighted by molar-refractivity contribution is 0.244. The Hall–Kier alpha value is -2.97. The van der Waals surface area contributed by atoms with Gasteiger partial charge in [0.15, 0.2) is 0 Å². The van der Waals surface area contributed by atoms with E-state index in [1.807, 2.05) is 12.4 Å².